The highest BCUT2D eigenvalue weighted by atomic mass is 16.3. The predicted octanol–water partition coefficient (Wildman–Crippen LogP) is 3.40. The second-order valence-corrected chi connectivity index (χ2v) is 4.50. The van der Waals surface area contributed by atoms with Crippen molar-refractivity contribution in [3.8, 4) is 0 Å². The van der Waals surface area contributed by atoms with Gasteiger partial charge in [-0.3, -0.25) is 0 Å². The molecule has 2 rings (SSSR count). The van der Waals surface area contributed by atoms with Crippen LogP contribution in [0.15, 0.2) is 41.0 Å². The highest BCUT2D eigenvalue weighted by molar-refractivity contribution is 5.26. The molecule has 1 N–H and O–H groups in total. The topological polar surface area (TPSA) is 25.2 Å². The number of hydrogen-bond donors (Lipinski definition) is 1. The number of rotatable bonds is 4. The number of nitrogens with one attached hydrogen (secondary N) is 1. The van der Waals surface area contributed by atoms with Gasteiger partial charge in [-0.1, -0.05) is 29.8 Å². The first-order valence-corrected chi connectivity index (χ1v) is 5.97. The van der Waals surface area contributed by atoms with Gasteiger partial charge in [-0.05, 0) is 44.5 Å². The van der Waals surface area contributed by atoms with Crippen molar-refractivity contribution < 1.29 is 4.42 Å². The molecule has 0 aliphatic heterocycles. The number of likely N-dealkylation sites (N-methyl/N-ethyl adjacent to an activating group) is 1. The average Bonchev–Trinajstić information content (AvgIpc) is 2.72. The van der Waals surface area contributed by atoms with E-state index in [-0.39, 0.29) is 6.04 Å². The Morgan fingerprint density at radius 2 is 2.06 bits per heavy atom. The summed E-state index contributed by atoms with van der Waals surface area (Å²) in [7, 11) is 1.97. The van der Waals surface area contributed by atoms with Crippen LogP contribution in [0.5, 0.6) is 0 Å². The molecule has 2 nitrogen and oxygen atoms in total. The molecule has 0 radical (unpaired) electrons. The summed E-state index contributed by atoms with van der Waals surface area (Å²) in [6.07, 6.45) is 2.71. The SMILES string of the molecule is CNC(Cc1cccc(C)c1)c1occc1C. The van der Waals surface area contributed by atoms with Crippen molar-refractivity contribution in [3.05, 3.63) is 59.0 Å². The Hall–Kier alpha value is -1.54. The molecule has 2 aromatic rings. The van der Waals surface area contributed by atoms with E-state index in [1.54, 1.807) is 6.26 Å². The minimum absolute atomic E-state index is 0.242. The highest BCUT2D eigenvalue weighted by Gasteiger charge is 2.15. The summed E-state index contributed by atoms with van der Waals surface area (Å²) < 4.78 is 5.56. The molecule has 0 bridgehead atoms. The number of aryl methyl sites for hydroxylation is 2. The molecule has 1 heterocycles. The third kappa shape index (κ3) is 2.77. The Labute approximate surface area is 103 Å². The zero-order chi connectivity index (χ0) is 12.3. The molecular formula is C15H19NO. The van der Waals surface area contributed by atoms with Crippen molar-refractivity contribution in [2.75, 3.05) is 7.05 Å². The molecule has 17 heavy (non-hydrogen) atoms. The predicted molar refractivity (Wildman–Crippen MR) is 70.1 cm³/mol. The van der Waals surface area contributed by atoms with Gasteiger partial charge in [0.2, 0.25) is 0 Å². The molecule has 0 spiro atoms. The molecule has 0 saturated carbocycles. The fourth-order valence-electron chi connectivity index (χ4n) is 2.14. The molecule has 90 valence electrons. The lowest BCUT2D eigenvalue weighted by Gasteiger charge is -2.15. The molecule has 1 aromatic heterocycles. The summed E-state index contributed by atoms with van der Waals surface area (Å²) >= 11 is 0. The molecule has 0 fully saturated rings. The first-order valence-electron chi connectivity index (χ1n) is 5.97. The molecule has 0 aliphatic rings. The van der Waals surface area contributed by atoms with E-state index in [1.807, 2.05) is 13.1 Å². The van der Waals surface area contributed by atoms with E-state index >= 15 is 0 Å². The lowest BCUT2D eigenvalue weighted by Crippen LogP contribution is -2.19. The molecule has 0 aliphatic carbocycles. The van der Waals surface area contributed by atoms with E-state index in [1.165, 1.54) is 16.7 Å². The second-order valence-electron chi connectivity index (χ2n) is 4.50. The van der Waals surface area contributed by atoms with Crippen LogP contribution in [0.25, 0.3) is 0 Å². The summed E-state index contributed by atoms with van der Waals surface area (Å²) in [4.78, 5) is 0. The molecule has 0 amide bonds. The Bertz CT molecular complexity index is 487. The van der Waals surface area contributed by atoms with Crippen LogP contribution in [-0.4, -0.2) is 7.05 Å². The molecule has 1 aromatic carbocycles. The third-order valence-electron chi connectivity index (χ3n) is 3.09. The van der Waals surface area contributed by atoms with E-state index in [4.69, 9.17) is 4.42 Å². The van der Waals surface area contributed by atoms with Crippen molar-refractivity contribution in [3.63, 3.8) is 0 Å². The van der Waals surface area contributed by atoms with Crippen LogP contribution in [0.2, 0.25) is 0 Å². The van der Waals surface area contributed by atoms with Crippen LogP contribution in [0.3, 0.4) is 0 Å². The minimum Gasteiger partial charge on any atom is -0.467 e. The van der Waals surface area contributed by atoms with Gasteiger partial charge < -0.3 is 9.73 Å². The van der Waals surface area contributed by atoms with Crippen molar-refractivity contribution >= 4 is 0 Å². The summed E-state index contributed by atoms with van der Waals surface area (Å²) in [5.74, 6) is 1.04. The largest absolute Gasteiger partial charge is 0.467 e. The van der Waals surface area contributed by atoms with Gasteiger partial charge in [0.05, 0.1) is 12.3 Å². The van der Waals surface area contributed by atoms with E-state index in [0.29, 0.717) is 0 Å². The lowest BCUT2D eigenvalue weighted by molar-refractivity contribution is 0.426. The first-order chi connectivity index (χ1) is 8.20. The normalized spacial score (nSPS) is 12.6. The van der Waals surface area contributed by atoms with Crippen LogP contribution in [0.4, 0.5) is 0 Å². The average molecular weight is 229 g/mol. The van der Waals surface area contributed by atoms with Crippen molar-refractivity contribution in [2.24, 2.45) is 0 Å². The quantitative estimate of drug-likeness (QED) is 0.869. The number of benzene rings is 1. The zero-order valence-corrected chi connectivity index (χ0v) is 10.7. The second kappa shape index (κ2) is 5.19. The summed E-state index contributed by atoms with van der Waals surface area (Å²) in [5, 5.41) is 3.32. The molecule has 2 heteroatoms. The Morgan fingerprint density at radius 3 is 2.65 bits per heavy atom. The van der Waals surface area contributed by atoms with Gasteiger partial charge in [-0.2, -0.15) is 0 Å². The number of hydrogen-bond acceptors (Lipinski definition) is 2. The van der Waals surface area contributed by atoms with Crippen LogP contribution < -0.4 is 5.32 Å². The summed E-state index contributed by atoms with van der Waals surface area (Å²) in [5.41, 5.74) is 3.84. The maximum atomic E-state index is 5.56. The Kier molecular flexibility index (Phi) is 3.64. The highest BCUT2D eigenvalue weighted by Crippen LogP contribution is 2.22. The first kappa shape index (κ1) is 11.9. The van der Waals surface area contributed by atoms with Crippen molar-refractivity contribution in [2.45, 2.75) is 26.3 Å². The van der Waals surface area contributed by atoms with Crippen LogP contribution in [0, 0.1) is 13.8 Å². The Balaban J connectivity index is 2.19. The van der Waals surface area contributed by atoms with E-state index in [0.717, 1.165) is 12.2 Å². The fraction of sp³-hybridized carbons (Fsp3) is 0.333. The number of furan rings is 1. The van der Waals surface area contributed by atoms with Crippen LogP contribution in [0.1, 0.15) is 28.5 Å². The maximum Gasteiger partial charge on any atom is 0.123 e. The van der Waals surface area contributed by atoms with E-state index in [2.05, 4.69) is 43.4 Å². The van der Waals surface area contributed by atoms with Gasteiger partial charge in [-0.15, -0.1) is 0 Å². The van der Waals surface area contributed by atoms with E-state index in [9.17, 15) is 0 Å². The molecule has 1 unspecified atom stereocenters. The zero-order valence-electron chi connectivity index (χ0n) is 10.7. The van der Waals surface area contributed by atoms with Gasteiger partial charge in [0, 0.05) is 0 Å². The van der Waals surface area contributed by atoms with Gasteiger partial charge in [0.15, 0.2) is 0 Å². The van der Waals surface area contributed by atoms with Crippen LogP contribution >= 0.6 is 0 Å². The summed E-state index contributed by atoms with van der Waals surface area (Å²) in [6, 6.07) is 10.9. The van der Waals surface area contributed by atoms with Gasteiger partial charge in [-0.25, -0.2) is 0 Å². The van der Waals surface area contributed by atoms with Gasteiger partial charge in [0.1, 0.15) is 5.76 Å². The molecule has 0 saturated heterocycles. The summed E-state index contributed by atoms with van der Waals surface area (Å²) in [6.45, 7) is 4.20. The standard InChI is InChI=1S/C15H19NO/c1-11-5-4-6-13(9-11)10-14(16-3)15-12(2)7-8-17-15/h4-9,14,16H,10H2,1-3H3. The third-order valence-corrected chi connectivity index (χ3v) is 3.09. The van der Waals surface area contributed by atoms with Crippen molar-refractivity contribution in [1.82, 2.24) is 5.32 Å². The fourth-order valence-corrected chi connectivity index (χ4v) is 2.14. The van der Waals surface area contributed by atoms with Crippen LogP contribution in [-0.2, 0) is 6.42 Å². The monoisotopic (exact) mass is 229 g/mol. The van der Waals surface area contributed by atoms with Gasteiger partial charge >= 0.3 is 0 Å². The lowest BCUT2D eigenvalue weighted by atomic mass is 10.0. The van der Waals surface area contributed by atoms with E-state index < -0.39 is 0 Å². The minimum atomic E-state index is 0.242. The Morgan fingerprint density at radius 1 is 1.24 bits per heavy atom. The van der Waals surface area contributed by atoms with Crippen molar-refractivity contribution in [1.29, 1.82) is 0 Å². The maximum absolute atomic E-state index is 5.56. The molecular weight excluding hydrogens is 210 g/mol. The van der Waals surface area contributed by atoms with Gasteiger partial charge in [0.25, 0.3) is 0 Å². The smallest absolute Gasteiger partial charge is 0.123 e. The molecule has 1 atom stereocenters.